The highest BCUT2D eigenvalue weighted by atomic mass is 35.5. The van der Waals surface area contributed by atoms with E-state index < -0.39 is 0 Å². The normalized spacial score (nSPS) is 17.2. The van der Waals surface area contributed by atoms with Crippen molar-refractivity contribution in [2.24, 2.45) is 5.92 Å². The highest BCUT2D eigenvalue weighted by Gasteiger charge is 2.27. The number of benzene rings is 1. The summed E-state index contributed by atoms with van der Waals surface area (Å²) in [7, 11) is 0. The van der Waals surface area contributed by atoms with Gasteiger partial charge in [0.05, 0.1) is 5.92 Å². The molecule has 6 heteroatoms. The monoisotopic (exact) mass is 297 g/mol. The summed E-state index contributed by atoms with van der Waals surface area (Å²) < 4.78 is 0. The Morgan fingerprint density at radius 2 is 2.25 bits per heavy atom. The number of anilines is 1. The second-order valence-corrected chi connectivity index (χ2v) is 4.68. The van der Waals surface area contributed by atoms with Crippen molar-refractivity contribution in [3.05, 3.63) is 29.8 Å². The Bertz CT molecular complexity index is 479. The Balaban J connectivity index is 0.00000200. The zero-order chi connectivity index (χ0) is 13.7. The molecule has 1 aliphatic heterocycles. The van der Waals surface area contributed by atoms with Crippen LogP contribution in [0, 0.1) is 5.92 Å². The Hall–Kier alpha value is -1.59. The maximum absolute atomic E-state index is 12.0. The van der Waals surface area contributed by atoms with Crippen molar-refractivity contribution in [1.29, 1.82) is 0 Å². The number of rotatable bonds is 5. The van der Waals surface area contributed by atoms with Crippen molar-refractivity contribution in [1.82, 2.24) is 10.6 Å². The van der Waals surface area contributed by atoms with Gasteiger partial charge in [0, 0.05) is 25.2 Å². The molecule has 0 radical (unpaired) electrons. The van der Waals surface area contributed by atoms with E-state index in [2.05, 4.69) is 22.9 Å². The lowest BCUT2D eigenvalue weighted by molar-refractivity contribution is -0.123. The quantitative estimate of drug-likeness (QED) is 0.767. The topological polar surface area (TPSA) is 70.2 Å². The molecule has 5 nitrogen and oxygen atoms in total. The Kier molecular flexibility index (Phi) is 6.48. The van der Waals surface area contributed by atoms with Crippen LogP contribution in [0.15, 0.2) is 24.3 Å². The minimum absolute atomic E-state index is 0. The summed E-state index contributed by atoms with van der Waals surface area (Å²) in [6.07, 6.45) is 0.281. The molecule has 1 unspecified atom stereocenters. The fourth-order valence-corrected chi connectivity index (χ4v) is 2.06. The van der Waals surface area contributed by atoms with Gasteiger partial charge in [0.25, 0.3) is 0 Å². The van der Waals surface area contributed by atoms with Gasteiger partial charge in [0.1, 0.15) is 0 Å². The number of hydrogen-bond acceptors (Lipinski definition) is 3. The molecule has 1 aliphatic rings. The SMILES string of the molecule is CCNCc1cccc(NC(=O)C2CNC(=O)C2)c1.Cl. The summed E-state index contributed by atoms with van der Waals surface area (Å²) >= 11 is 0. The first-order valence-corrected chi connectivity index (χ1v) is 6.56. The van der Waals surface area contributed by atoms with Crippen molar-refractivity contribution in [2.75, 3.05) is 18.4 Å². The molecule has 2 amide bonds. The van der Waals surface area contributed by atoms with E-state index in [0.29, 0.717) is 6.54 Å². The van der Waals surface area contributed by atoms with Crippen molar-refractivity contribution in [2.45, 2.75) is 19.9 Å². The molecule has 110 valence electrons. The molecule has 1 heterocycles. The zero-order valence-electron chi connectivity index (χ0n) is 11.4. The van der Waals surface area contributed by atoms with Crippen molar-refractivity contribution in [3.8, 4) is 0 Å². The summed E-state index contributed by atoms with van der Waals surface area (Å²) in [5, 5.41) is 8.77. The maximum atomic E-state index is 12.0. The molecule has 0 spiro atoms. The smallest absolute Gasteiger partial charge is 0.229 e. The number of hydrogen-bond donors (Lipinski definition) is 3. The Morgan fingerprint density at radius 3 is 2.90 bits per heavy atom. The van der Waals surface area contributed by atoms with E-state index in [0.717, 1.165) is 24.3 Å². The molecule has 3 N–H and O–H groups in total. The van der Waals surface area contributed by atoms with Gasteiger partial charge in [-0.3, -0.25) is 9.59 Å². The molecule has 1 fully saturated rings. The third kappa shape index (κ3) is 4.51. The van der Waals surface area contributed by atoms with E-state index in [-0.39, 0.29) is 36.6 Å². The van der Waals surface area contributed by atoms with Crippen LogP contribution in [0.4, 0.5) is 5.69 Å². The average molecular weight is 298 g/mol. The summed E-state index contributed by atoms with van der Waals surface area (Å²) in [5.41, 5.74) is 1.90. The molecule has 0 aliphatic carbocycles. The zero-order valence-corrected chi connectivity index (χ0v) is 12.3. The van der Waals surface area contributed by atoms with E-state index in [1.807, 2.05) is 24.3 Å². The minimum atomic E-state index is -0.259. The molecule has 0 aromatic heterocycles. The average Bonchev–Trinajstić information content (AvgIpc) is 2.83. The van der Waals surface area contributed by atoms with Gasteiger partial charge in [-0.1, -0.05) is 19.1 Å². The summed E-state index contributed by atoms with van der Waals surface area (Å²) in [6, 6.07) is 7.74. The first kappa shape index (κ1) is 16.5. The lowest BCUT2D eigenvalue weighted by Gasteiger charge is -2.10. The number of carbonyl (C=O) groups excluding carboxylic acids is 2. The lowest BCUT2D eigenvalue weighted by atomic mass is 10.1. The maximum Gasteiger partial charge on any atom is 0.229 e. The molecule has 1 saturated heterocycles. The molecule has 1 aromatic carbocycles. The Morgan fingerprint density at radius 1 is 1.45 bits per heavy atom. The predicted octanol–water partition coefficient (Wildman–Crippen LogP) is 1.29. The van der Waals surface area contributed by atoms with Gasteiger partial charge < -0.3 is 16.0 Å². The van der Waals surface area contributed by atoms with Crippen molar-refractivity contribution < 1.29 is 9.59 Å². The third-order valence-corrected chi connectivity index (χ3v) is 3.12. The van der Waals surface area contributed by atoms with Gasteiger partial charge in [-0.05, 0) is 24.2 Å². The van der Waals surface area contributed by atoms with E-state index in [4.69, 9.17) is 0 Å². The van der Waals surface area contributed by atoms with Gasteiger partial charge in [0.15, 0.2) is 0 Å². The first-order valence-electron chi connectivity index (χ1n) is 6.56. The fourth-order valence-electron chi connectivity index (χ4n) is 2.06. The largest absolute Gasteiger partial charge is 0.355 e. The highest BCUT2D eigenvalue weighted by molar-refractivity contribution is 5.97. The van der Waals surface area contributed by atoms with E-state index in [1.165, 1.54) is 0 Å². The molecular weight excluding hydrogens is 278 g/mol. The number of nitrogens with one attached hydrogen (secondary N) is 3. The van der Waals surface area contributed by atoms with Crippen molar-refractivity contribution >= 4 is 29.9 Å². The van der Waals surface area contributed by atoms with Crippen molar-refractivity contribution in [3.63, 3.8) is 0 Å². The van der Waals surface area contributed by atoms with Gasteiger partial charge in [-0.2, -0.15) is 0 Å². The summed E-state index contributed by atoms with van der Waals surface area (Å²) in [5.74, 6) is -0.412. The number of carbonyl (C=O) groups is 2. The molecule has 0 bridgehead atoms. The number of amides is 2. The van der Waals surface area contributed by atoms with Crippen LogP contribution in [0.5, 0.6) is 0 Å². The number of halogens is 1. The third-order valence-electron chi connectivity index (χ3n) is 3.12. The molecular formula is C14H20ClN3O2. The Labute approximate surface area is 124 Å². The molecule has 2 rings (SSSR count). The van der Waals surface area contributed by atoms with Gasteiger partial charge >= 0.3 is 0 Å². The molecule has 1 atom stereocenters. The first-order chi connectivity index (χ1) is 9.19. The van der Waals surface area contributed by atoms with Crippen LogP contribution in [0.3, 0.4) is 0 Å². The molecule has 20 heavy (non-hydrogen) atoms. The van der Waals surface area contributed by atoms with Crippen LogP contribution in [0.1, 0.15) is 18.9 Å². The van der Waals surface area contributed by atoms with Gasteiger partial charge in [-0.15, -0.1) is 12.4 Å². The fraction of sp³-hybridized carbons (Fsp3) is 0.429. The van der Waals surface area contributed by atoms with Crippen LogP contribution in [0.25, 0.3) is 0 Å². The van der Waals surface area contributed by atoms with E-state index >= 15 is 0 Å². The summed E-state index contributed by atoms with van der Waals surface area (Å²) in [6.45, 7) is 4.17. The second kappa shape index (κ2) is 7.87. The molecule has 0 saturated carbocycles. The molecule has 1 aromatic rings. The van der Waals surface area contributed by atoms with E-state index in [9.17, 15) is 9.59 Å². The lowest BCUT2D eigenvalue weighted by Crippen LogP contribution is -2.24. The van der Waals surface area contributed by atoms with Crippen LogP contribution in [-0.2, 0) is 16.1 Å². The minimum Gasteiger partial charge on any atom is -0.355 e. The van der Waals surface area contributed by atoms with E-state index in [1.54, 1.807) is 0 Å². The van der Waals surface area contributed by atoms with Crippen LogP contribution in [-0.4, -0.2) is 24.9 Å². The predicted molar refractivity (Wildman–Crippen MR) is 80.8 cm³/mol. The summed E-state index contributed by atoms with van der Waals surface area (Å²) in [4.78, 5) is 23.0. The van der Waals surface area contributed by atoms with Crippen LogP contribution < -0.4 is 16.0 Å². The van der Waals surface area contributed by atoms with Crippen LogP contribution >= 0.6 is 12.4 Å². The highest BCUT2D eigenvalue weighted by Crippen LogP contribution is 2.15. The standard InChI is InChI=1S/C14H19N3O2.ClH/c1-2-15-8-10-4-3-5-12(6-10)17-14(19)11-7-13(18)16-9-11;/h3-6,11,15H,2,7-9H2,1H3,(H,16,18)(H,17,19);1H. The van der Waals surface area contributed by atoms with Gasteiger partial charge in [-0.25, -0.2) is 0 Å². The van der Waals surface area contributed by atoms with Gasteiger partial charge in [0.2, 0.25) is 11.8 Å². The van der Waals surface area contributed by atoms with Crippen LogP contribution in [0.2, 0.25) is 0 Å². The second-order valence-electron chi connectivity index (χ2n) is 4.68.